The predicted octanol–water partition coefficient (Wildman–Crippen LogP) is 2.93. The van der Waals surface area contributed by atoms with E-state index in [0.29, 0.717) is 0 Å². The topological polar surface area (TPSA) is 54.4 Å². The highest BCUT2D eigenvalue weighted by atomic mass is 32.2. The summed E-state index contributed by atoms with van der Waals surface area (Å²) in [6.07, 6.45) is 0. The number of hydrogen-bond donors (Lipinski definition) is 1. The second-order valence-corrected chi connectivity index (χ2v) is 7.96. The minimum Gasteiger partial charge on any atom is -0.506 e. The van der Waals surface area contributed by atoms with Crippen LogP contribution in [-0.2, 0) is 15.6 Å². The van der Waals surface area contributed by atoms with Gasteiger partial charge in [0.2, 0.25) is 0 Å². The molecule has 0 unspecified atom stereocenters. The van der Waals surface area contributed by atoms with Crippen molar-refractivity contribution in [3.05, 3.63) is 29.1 Å². The first-order valence-corrected chi connectivity index (χ1v) is 7.85. The molecule has 2 aromatic rings. The fourth-order valence-electron chi connectivity index (χ4n) is 1.54. The minimum atomic E-state index is -3.08. The molecule has 0 saturated carbocycles. The van der Waals surface area contributed by atoms with Gasteiger partial charge in [-0.1, -0.05) is 12.1 Å². The smallest absolute Gasteiger partial charge is 0.157 e. The molecule has 5 heteroatoms. The van der Waals surface area contributed by atoms with Crippen molar-refractivity contribution in [3.63, 3.8) is 0 Å². The zero-order valence-electron chi connectivity index (χ0n) is 9.67. The molecule has 0 radical (unpaired) electrons. The van der Waals surface area contributed by atoms with E-state index in [1.807, 2.05) is 12.1 Å². The standard InChI is InChI=1S/C12H14O3S2/c1-8(2)17(14,15)7-10-6-9-4-3-5-11(13)12(9)16-10/h3-6,8,13H,7H2,1-2H3. The van der Waals surface area contributed by atoms with Crippen molar-refractivity contribution in [1.82, 2.24) is 0 Å². The zero-order chi connectivity index (χ0) is 12.6. The maximum absolute atomic E-state index is 11.8. The van der Waals surface area contributed by atoms with Gasteiger partial charge in [0.25, 0.3) is 0 Å². The van der Waals surface area contributed by atoms with Crippen LogP contribution in [0.4, 0.5) is 0 Å². The Kier molecular flexibility index (Phi) is 3.14. The van der Waals surface area contributed by atoms with E-state index < -0.39 is 9.84 Å². The lowest BCUT2D eigenvalue weighted by atomic mass is 10.2. The van der Waals surface area contributed by atoms with Gasteiger partial charge in [-0.3, -0.25) is 0 Å². The third-order valence-electron chi connectivity index (χ3n) is 2.64. The molecule has 3 nitrogen and oxygen atoms in total. The Labute approximate surface area is 105 Å². The van der Waals surface area contributed by atoms with Crippen LogP contribution in [0.3, 0.4) is 0 Å². The number of fused-ring (bicyclic) bond motifs is 1. The summed E-state index contributed by atoms with van der Waals surface area (Å²) in [7, 11) is -3.08. The largest absolute Gasteiger partial charge is 0.506 e. The van der Waals surface area contributed by atoms with Gasteiger partial charge in [0.05, 0.1) is 15.7 Å². The molecule has 92 valence electrons. The van der Waals surface area contributed by atoms with E-state index in [1.165, 1.54) is 11.3 Å². The Morgan fingerprint density at radius 2 is 2.06 bits per heavy atom. The highest BCUT2D eigenvalue weighted by Gasteiger charge is 2.18. The van der Waals surface area contributed by atoms with Gasteiger partial charge in [0.1, 0.15) is 5.75 Å². The lowest BCUT2D eigenvalue weighted by molar-refractivity contribution is 0.482. The molecule has 0 aliphatic rings. The lowest BCUT2D eigenvalue weighted by Gasteiger charge is -2.04. The van der Waals surface area contributed by atoms with E-state index in [2.05, 4.69) is 0 Å². The molecule has 0 bridgehead atoms. The number of rotatable bonds is 3. The molecule has 1 heterocycles. The summed E-state index contributed by atoms with van der Waals surface area (Å²) in [6, 6.07) is 7.07. The van der Waals surface area contributed by atoms with Crippen LogP contribution in [0.15, 0.2) is 24.3 Å². The van der Waals surface area contributed by atoms with E-state index >= 15 is 0 Å². The van der Waals surface area contributed by atoms with Crippen molar-refractivity contribution in [3.8, 4) is 5.75 Å². The Morgan fingerprint density at radius 3 is 2.65 bits per heavy atom. The summed E-state index contributed by atoms with van der Waals surface area (Å²) in [5.74, 6) is 0.254. The van der Waals surface area contributed by atoms with Crippen molar-refractivity contribution in [2.45, 2.75) is 24.9 Å². The van der Waals surface area contributed by atoms with Crippen LogP contribution in [0.25, 0.3) is 10.1 Å². The molecule has 0 saturated heterocycles. The molecule has 0 aliphatic carbocycles. The van der Waals surface area contributed by atoms with Gasteiger partial charge in [0.15, 0.2) is 9.84 Å². The maximum atomic E-state index is 11.8. The number of sulfone groups is 1. The number of phenols is 1. The first-order chi connectivity index (χ1) is 7.90. The Morgan fingerprint density at radius 1 is 1.35 bits per heavy atom. The highest BCUT2D eigenvalue weighted by molar-refractivity contribution is 7.91. The fraction of sp³-hybridized carbons (Fsp3) is 0.333. The van der Waals surface area contributed by atoms with E-state index in [0.717, 1.165) is 15.0 Å². The molecule has 0 aliphatic heterocycles. The molecular weight excluding hydrogens is 256 g/mol. The van der Waals surface area contributed by atoms with Crippen LogP contribution in [0.1, 0.15) is 18.7 Å². The summed E-state index contributed by atoms with van der Waals surface area (Å²) in [5.41, 5.74) is 0. The first-order valence-electron chi connectivity index (χ1n) is 5.32. The number of phenolic OH excluding ortho intramolecular Hbond substituents is 1. The SMILES string of the molecule is CC(C)S(=O)(=O)Cc1cc2cccc(O)c2s1. The number of aromatic hydroxyl groups is 1. The molecule has 1 aromatic heterocycles. The monoisotopic (exact) mass is 270 g/mol. The minimum absolute atomic E-state index is 0.0451. The fourth-order valence-corrected chi connectivity index (χ4v) is 3.94. The predicted molar refractivity (Wildman–Crippen MR) is 71.2 cm³/mol. The van der Waals surface area contributed by atoms with Crippen LogP contribution >= 0.6 is 11.3 Å². The van der Waals surface area contributed by atoms with Crippen molar-refractivity contribution in [2.75, 3.05) is 0 Å². The van der Waals surface area contributed by atoms with Crippen LogP contribution in [0.5, 0.6) is 5.75 Å². The third-order valence-corrected chi connectivity index (χ3v) is 6.14. The summed E-state index contributed by atoms with van der Waals surface area (Å²) in [6.45, 7) is 3.36. The van der Waals surface area contributed by atoms with Crippen molar-refractivity contribution in [1.29, 1.82) is 0 Å². The van der Waals surface area contributed by atoms with Crippen LogP contribution < -0.4 is 0 Å². The molecule has 1 N–H and O–H groups in total. The second kappa shape index (κ2) is 4.31. The normalized spacial score (nSPS) is 12.4. The molecule has 17 heavy (non-hydrogen) atoms. The molecule has 1 aromatic carbocycles. The average Bonchev–Trinajstić information content (AvgIpc) is 2.60. The Bertz CT molecular complexity index is 639. The molecule has 0 spiro atoms. The first kappa shape index (κ1) is 12.4. The number of benzene rings is 1. The van der Waals surface area contributed by atoms with E-state index in [-0.39, 0.29) is 16.8 Å². The molecule has 0 amide bonds. The van der Waals surface area contributed by atoms with Gasteiger partial charge in [0, 0.05) is 4.88 Å². The van der Waals surface area contributed by atoms with Gasteiger partial charge < -0.3 is 5.11 Å². The summed E-state index contributed by atoms with van der Waals surface area (Å²) < 4.78 is 24.4. The molecule has 0 fully saturated rings. The van der Waals surface area contributed by atoms with E-state index in [4.69, 9.17) is 0 Å². The van der Waals surface area contributed by atoms with E-state index in [1.54, 1.807) is 26.0 Å². The molecule has 2 rings (SSSR count). The summed E-state index contributed by atoms with van der Waals surface area (Å²) in [4.78, 5) is 0.773. The van der Waals surface area contributed by atoms with Crippen molar-refractivity contribution >= 4 is 31.3 Å². The Hall–Kier alpha value is -1.07. The highest BCUT2D eigenvalue weighted by Crippen LogP contribution is 2.33. The Balaban J connectivity index is 2.42. The van der Waals surface area contributed by atoms with Crippen LogP contribution in [0, 0.1) is 0 Å². The van der Waals surface area contributed by atoms with Crippen molar-refractivity contribution < 1.29 is 13.5 Å². The van der Waals surface area contributed by atoms with Gasteiger partial charge in [-0.2, -0.15) is 0 Å². The maximum Gasteiger partial charge on any atom is 0.157 e. The van der Waals surface area contributed by atoms with Crippen molar-refractivity contribution in [2.24, 2.45) is 0 Å². The van der Waals surface area contributed by atoms with Gasteiger partial charge in [-0.05, 0) is 31.4 Å². The zero-order valence-corrected chi connectivity index (χ0v) is 11.3. The lowest BCUT2D eigenvalue weighted by Crippen LogP contribution is -2.15. The third kappa shape index (κ3) is 2.45. The molecule has 0 atom stereocenters. The second-order valence-electron chi connectivity index (χ2n) is 4.26. The number of hydrogen-bond acceptors (Lipinski definition) is 4. The quantitative estimate of drug-likeness (QED) is 0.933. The number of thiophene rings is 1. The summed E-state index contributed by atoms with van der Waals surface area (Å²) >= 11 is 1.34. The van der Waals surface area contributed by atoms with Crippen LogP contribution in [-0.4, -0.2) is 18.8 Å². The van der Waals surface area contributed by atoms with Gasteiger partial charge in [-0.25, -0.2) is 8.42 Å². The van der Waals surface area contributed by atoms with Gasteiger partial charge in [-0.15, -0.1) is 11.3 Å². The van der Waals surface area contributed by atoms with Crippen LogP contribution in [0.2, 0.25) is 0 Å². The summed E-state index contributed by atoms with van der Waals surface area (Å²) in [5, 5.41) is 10.2. The molecular formula is C12H14O3S2. The average molecular weight is 270 g/mol. The van der Waals surface area contributed by atoms with Gasteiger partial charge >= 0.3 is 0 Å². The van der Waals surface area contributed by atoms with E-state index in [9.17, 15) is 13.5 Å².